The predicted octanol–water partition coefficient (Wildman–Crippen LogP) is 5.57. The third-order valence-electron chi connectivity index (χ3n) is 4.15. The van der Waals surface area contributed by atoms with Gasteiger partial charge in [0.25, 0.3) is 0 Å². The van der Waals surface area contributed by atoms with Gasteiger partial charge in [-0.2, -0.15) is 0 Å². The van der Waals surface area contributed by atoms with Crippen LogP contribution >= 0.6 is 0 Å². The smallest absolute Gasteiger partial charge is 0.173 e. The van der Waals surface area contributed by atoms with Crippen LogP contribution in [0.25, 0.3) is 0 Å². The van der Waals surface area contributed by atoms with E-state index in [0.717, 1.165) is 19.1 Å². The number of rotatable bonds is 11. The van der Waals surface area contributed by atoms with Gasteiger partial charge in [0.15, 0.2) is 16.6 Å². The minimum atomic E-state index is -1.50. The van der Waals surface area contributed by atoms with Crippen LogP contribution in [0.3, 0.4) is 0 Å². The Hall–Kier alpha value is 0.571. The zero-order valence-corrected chi connectivity index (χ0v) is 18.6. The van der Waals surface area contributed by atoms with Crippen LogP contribution in [0.4, 0.5) is 0 Å². The zero-order chi connectivity index (χ0) is 16.1. The van der Waals surface area contributed by atoms with E-state index in [-0.39, 0.29) is 0 Å². The van der Waals surface area contributed by atoms with Crippen molar-refractivity contribution < 1.29 is 8.85 Å². The summed E-state index contributed by atoms with van der Waals surface area (Å²) in [5.74, 6) is 0.888. The van der Waals surface area contributed by atoms with Crippen LogP contribution in [0, 0.1) is 5.92 Å². The first-order valence-electron chi connectivity index (χ1n) is 8.77. The standard InChI is InChI=1S/C16H38O2Si3/c1-19(2,3)13-14-21(6,7)18-20(4,5)12-8-11-17-15-16-9-10-16/h16H,8-15H2,1-7H3. The van der Waals surface area contributed by atoms with Crippen molar-refractivity contribution in [1.29, 1.82) is 0 Å². The van der Waals surface area contributed by atoms with Gasteiger partial charge in [-0.05, 0) is 63.5 Å². The lowest BCUT2D eigenvalue weighted by Gasteiger charge is -2.35. The largest absolute Gasteiger partial charge is 0.456 e. The molecule has 0 unspecified atom stereocenters. The molecule has 126 valence electrons. The van der Waals surface area contributed by atoms with Gasteiger partial charge in [-0.15, -0.1) is 0 Å². The summed E-state index contributed by atoms with van der Waals surface area (Å²) in [6.07, 6.45) is 3.96. The second kappa shape index (κ2) is 7.90. The molecule has 0 saturated heterocycles. The maximum Gasteiger partial charge on any atom is 0.173 e. The maximum absolute atomic E-state index is 6.71. The molecule has 0 spiro atoms. The molecule has 0 amide bonds. The molecule has 0 aromatic rings. The third kappa shape index (κ3) is 10.8. The maximum atomic E-state index is 6.71. The van der Waals surface area contributed by atoms with Crippen LogP contribution in [-0.4, -0.2) is 37.9 Å². The molecule has 21 heavy (non-hydrogen) atoms. The van der Waals surface area contributed by atoms with Crippen molar-refractivity contribution in [2.24, 2.45) is 5.92 Å². The van der Waals surface area contributed by atoms with Gasteiger partial charge in [-0.1, -0.05) is 25.7 Å². The van der Waals surface area contributed by atoms with Crippen molar-refractivity contribution in [3.63, 3.8) is 0 Å². The topological polar surface area (TPSA) is 18.5 Å². The van der Waals surface area contributed by atoms with E-state index in [0.29, 0.717) is 0 Å². The summed E-state index contributed by atoms with van der Waals surface area (Å²) >= 11 is 0. The number of ether oxygens (including phenoxy) is 1. The number of hydrogen-bond acceptors (Lipinski definition) is 2. The molecule has 1 aliphatic carbocycles. The summed E-state index contributed by atoms with van der Waals surface area (Å²) in [6, 6.07) is 4.01. The van der Waals surface area contributed by atoms with Crippen molar-refractivity contribution in [3.8, 4) is 0 Å². The fraction of sp³-hybridized carbons (Fsp3) is 1.00. The van der Waals surface area contributed by atoms with Crippen molar-refractivity contribution >= 4 is 24.7 Å². The Balaban J connectivity index is 2.21. The first kappa shape index (κ1) is 19.6. The van der Waals surface area contributed by atoms with Crippen LogP contribution in [0.2, 0.25) is 64.0 Å². The van der Waals surface area contributed by atoms with Crippen LogP contribution < -0.4 is 0 Å². The summed E-state index contributed by atoms with van der Waals surface area (Å²) < 4.78 is 12.5. The van der Waals surface area contributed by atoms with Crippen LogP contribution in [0.15, 0.2) is 0 Å². The zero-order valence-electron chi connectivity index (χ0n) is 15.6. The molecule has 0 aromatic heterocycles. The molecule has 0 aromatic carbocycles. The van der Waals surface area contributed by atoms with E-state index < -0.39 is 24.7 Å². The average molecular weight is 347 g/mol. The molecule has 1 fully saturated rings. The SMILES string of the molecule is C[Si](C)(C)CC[Si](C)(C)O[Si](C)(C)CCCOCC1CC1. The summed E-state index contributed by atoms with van der Waals surface area (Å²) in [5.41, 5.74) is 0. The molecule has 0 aliphatic heterocycles. The molecule has 2 nitrogen and oxygen atoms in total. The molecule has 0 atom stereocenters. The molecule has 1 saturated carbocycles. The lowest BCUT2D eigenvalue weighted by atomic mass is 10.4. The summed E-state index contributed by atoms with van der Waals surface area (Å²) in [4.78, 5) is 0. The van der Waals surface area contributed by atoms with E-state index in [1.54, 1.807) is 0 Å². The number of hydrogen-bond donors (Lipinski definition) is 0. The van der Waals surface area contributed by atoms with Crippen LogP contribution in [-0.2, 0) is 8.85 Å². The van der Waals surface area contributed by atoms with E-state index in [9.17, 15) is 0 Å². The van der Waals surface area contributed by atoms with Gasteiger partial charge >= 0.3 is 0 Å². The van der Waals surface area contributed by atoms with Gasteiger partial charge in [0.2, 0.25) is 0 Å². The Labute approximate surface area is 136 Å². The highest BCUT2D eigenvalue weighted by molar-refractivity contribution is 6.86. The van der Waals surface area contributed by atoms with Crippen molar-refractivity contribution in [2.75, 3.05) is 13.2 Å². The third-order valence-corrected chi connectivity index (χ3v) is 13.8. The minimum absolute atomic E-state index is 0.888. The van der Waals surface area contributed by atoms with Gasteiger partial charge in [-0.3, -0.25) is 0 Å². The van der Waals surface area contributed by atoms with E-state index in [2.05, 4.69) is 45.8 Å². The van der Waals surface area contributed by atoms with Crippen LogP contribution in [0.5, 0.6) is 0 Å². The Kier molecular flexibility index (Phi) is 7.38. The van der Waals surface area contributed by atoms with Crippen molar-refractivity contribution in [1.82, 2.24) is 0 Å². The first-order chi connectivity index (χ1) is 9.49. The van der Waals surface area contributed by atoms with Crippen molar-refractivity contribution in [2.45, 2.75) is 83.2 Å². The lowest BCUT2D eigenvalue weighted by Crippen LogP contribution is -2.45. The Morgan fingerprint density at radius 1 is 0.810 bits per heavy atom. The quantitative estimate of drug-likeness (QED) is 0.360. The minimum Gasteiger partial charge on any atom is -0.456 e. The van der Waals surface area contributed by atoms with E-state index in [1.165, 1.54) is 37.4 Å². The Morgan fingerprint density at radius 3 is 1.90 bits per heavy atom. The van der Waals surface area contributed by atoms with Gasteiger partial charge in [0.05, 0.1) is 0 Å². The lowest BCUT2D eigenvalue weighted by molar-refractivity contribution is 0.124. The summed E-state index contributed by atoms with van der Waals surface area (Å²) in [7, 11) is -3.90. The van der Waals surface area contributed by atoms with Crippen molar-refractivity contribution in [3.05, 3.63) is 0 Å². The second-order valence-electron chi connectivity index (χ2n) is 9.30. The summed E-state index contributed by atoms with van der Waals surface area (Å²) in [6.45, 7) is 19.0. The fourth-order valence-electron chi connectivity index (χ4n) is 2.66. The molecule has 1 aliphatic rings. The first-order valence-corrected chi connectivity index (χ1v) is 18.7. The molecular formula is C16H38O2Si3. The van der Waals surface area contributed by atoms with E-state index in [1.807, 2.05) is 0 Å². The Morgan fingerprint density at radius 2 is 1.38 bits per heavy atom. The van der Waals surface area contributed by atoms with Gasteiger partial charge in [0.1, 0.15) is 0 Å². The second-order valence-corrected chi connectivity index (χ2v) is 23.8. The Bertz CT molecular complexity index is 307. The molecule has 1 rings (SSSR count). The van der Waals surface area contributed by atoms with E-state index >= 15 is 0 Å². The molecule has 0 N–H and O–H groups in total. The molecular weight excluding hydrogens is 308 g/mol. The molecule has 0 bridgehead atoms. The fourth-order valence-corrected chi connectivity index (χ4v) is 15.9. The van der Waals surface area contributed by atoms with Gasteiger partial charge in [-0.25, -0.2) is 0 Å². The van der Waals surface area contributed by atoms with Gasteiger partial charge in [0, 0.05) is 21.3 Å². The average Bonchev–Trinajstić information content (AvgIpc) is 3.08. The highest BCUT2D eigenvalue weighted by Crippen LogP contribution is 2.29. The highest BCUT2D eigenvalue weighted by atomic mass is 28.4. The molecule has 5 heteroatoms. The van der Waals surface area contributed by atoms with E-state index in [4.69, 9.17) is 8.85 Å². The summed E-state index contributed by atoms with van der Waals surface area (Å²) in [5, 5.41) is 0. The highest BCUT2D eigenvalue weighted by Gasteiger charge is 2.33. The van der Waals surface area contributed by atoms with Gasteiger partial charge < -0.3 is 8.85 Å². The molecule has 0 radical (unpaired) electrons. The molecule has 0 heterocycles. The monoisotopic (exact) mass is 346 g/mol. The normalized spacial score (nSPS) is 17.3. The van der Waals surface area contributed by atoms with Crippen LogP contribution in [0.1, 0.15) is 19.3 Å². The predicted molar refractivity (Wildman–Crippen MR) is 102 cm³/mol.